The van der Waals surface area contributed by atoms with Crippen molar-refractivity contribution in [1.82, 2.24) is 4.98 Å². The van der Waals surface area contributed by atoms with Gasteiger partial charge in [-0.25, -0.2) is 14.6 Å². The molecule has 2 aromatic carbocycles. The summed E-state index contributed by atoms with van der Waals surface area (Å²) in [6.07, 6.45) is 0. The molecule has 0 aliphatic rings. The molecule has 0 radical (unpaired) electrons. The van der Waals surface area contributed by atoms with Crippen LogP contribution >= 0.6 is 0 Å². The summed E-state index contributed by atoms with van der Waals surface area (Å²) in [7, 11) is 0. The van der Waals surface area contributed by atoms with Crippen molar-refractivity contribution in [2.24, 2.45) is 0 Å². The molecule has 0 atom stereocenters. The molecule has 1 aromatic heterocycles. The van der Waals surface area contributed by atoms with E-state index in [4.69, 9.17) is 14.2 Å². The number of aromatic hydroxyl groups is 1. The second-order valence-electron chi connectivity index (χ2n) is 5.90. The maximum atomic E-state index is 12.2. The molecular weight excluding hydrogens is 362 g/mol. The Labute approximate surface area is 161 Å². The van der Waals surface area contributed by atoms with Crippen LogP contribution in [0.15, 0.2) is 48.5 Å². The fourth-order valence-corrected chi connectivity index (χ4v) is 2.66. The molecule has 7 nitrogen and oxygen atoms in total. The standard InChI is InChI=1S/C21H19NO6/c1-3-26-18(23)12-27-21(25)19-20(24)16-10-9-15(11-17(16)13(2)22-19)28-14-7-5-4-6-8-14/h4-11,24H,3,12H2,1-2H3. The maximum absolute atomic E-state index is 12.2. The van der Waals surface area contributed by atoms with Gasteiger partial charge >= 0.3 is 11.9 Å². The molecule has 0 saturated heterocycles. The number of aryl methyl sites for hydroxylation is 1. The highest BCUT2D eigenvalue weighted by atomic mass is 16.6. The monoisotopic (exact) mass is 381 g/mol. The van der Waals surface area contributed by atoms with Crippen molar-refractivity contribution in [1.29, 1.82) is 0 Å². The highest BCUT2D eigenvalue weighted by Crippen LogP contribution is 2.33. The summed E-state index contributed by atoms with van der Waals surface area (Å²) in [5.41, 5.74) is 0.250. The smallest absolute Gasteiger partial charge is 0.361 e. The predicted molar refractivity (Wildman–Crippen MR) is 102 cm³/mol. The van der Waals surface area contributed by atoms with Crippen molar-refractivity contribution >= 4 is 22.7 Å². The molecule has 0 spiro atoms. The molecule has 0 saturated carbocycles. The van der Waals surface area contributed by atoms with Crippen molar-refractivity contribution in [2.45, 2.75) is 13.8 Å². The van der Waals surface area contributed by atoms with Gasteiger partial charge in [-0.1, -0.05) is 18.2 Å². The fraction of sp³-hybridized carbons (Fsp3) is 0.190. The number of hydrogen-bond donors (Lipinski definition) is 1. The van der Waals surface area contributed by atoms with Gasteiger partial charge < -0.3 is 19.3 Å². The maximum Gasteiger partial charge on any atom is 0.361 e. The Morgan fingerprint density at radius 1 is 1.00 bits per heavy atom. The van der Waals surface area contributed by atoms with Crippen molar-refractivity contribution in [3.05, 3.63) is 59.9 Å². The van der Waals surface area contributed by atoms with Gasteiger partial charge in [0.25, 0.3) is 0 Å². The van der Waals surface area contributed by atoms with Crippen LogP contribution in [0.5, 0.6) is 17.2 Å². The van der Waals surface area contributed by atoms with Crippen LogP contribution in [0.25, 0.3) is 10.8 Å². The van der Waals surface area contributed by atoms with E-state index < -0.39 is 18.5 Å². The lowest BCUT2D eigenvalue weighted by Crippen LogP contribution is -2.17. The average molecular weight is 381 g/mol. The van der Waals surface area contributed by atoms with E-state index in [1.54, 1.807) is 32.0 Å². The molecule has 0 aliphatic carbocycles. The first kappa shape index (κ1) is 19.2. The Morgan fingerprint density at radius 2 is 1.75 bits per heavy atom. The molecule has 0 bridgehead atoms. The Hall–Kier alpha value is -3.61. The number of carbonyl (C=O) groups is 2. The molecule has 0 unspecified atom stereocenters. The third-order valence-corrected chi connectivity index (χ3v) is 3.94. The zero-order valence-corrected chi connectivity index (χ0v) is 15.5. The van der Waals surface area contributed by atoms with Crippen LogP contribution in [0.3, 0.4) is 0 Å². The summed E-state index contributed by atoms with van der Waals surface area (Å²) in [4.78, 5) is 27.7. The van der Waals surface area contributed by atoms with Crippen LogP contribution in [0.2, 0.25) is 0 Å². The molecule has 3 aromatic rings. The second-order valence-corrected chi connectivity index (χ2v) is 5.90. The van der Waals surface area contributed by atoms with Crippen molar-refractivity contribution < 1.29 is 28.9 Å². The molecule has 144 valence electrons. The number of ether oxygens (including phenoxy) is 3. The summed E-state index contributed by atoms with van der Waals surface area (Å²) in [5, 5.41) is 11.5. The lowest BCUT2D eigenvalue weighted by atomic mass is 10.1. The molecule has 7 heteroatoms. The third kappa shape index (κ3) is 4.20. The van der Waals surface area contributed by atoms with E-state index in [2.05, 4.69) is 4.98 Å². The molecule has 3 rings (SSSR count). The van der Waals surface area contributed by atoms with E-state index >= 15 is 0 Å². The van der Waals surface area contributed by atoms with E-state index in [1.807, 2.05) is 30.3 Å². The largest absolute Gasteiger partial charge is 0.505 e. The molecule has 0 aliphatic heterocycles. The number of para-hydroxylation sites is 1. The Balaban J connectivity index is 1.87. The van der Waals surface area contributed by atoms with Gasteiger partial charge in [0.15, 0.2) is 18.1 Å². The highest BCUT2D eigenvalue weighted by molar-refractivity contribution is 6.00. The molecular formula is C21H19NO6. The average Bonchev–Trinajstić information content (AvgIpc) is 2.70. The molecule has 0 amide bonds. The summed E-state index contributed by atoms with van der Waals surface area (Å²) in [6, 6.07) is 14.3. The van der Waals surface area contributed by atoms with E-state index in [0.29, 0.717) is 28.0 Å². The Morgan fingerprint density at radius 3 is 2.46 bits per heavy atom. The van der Waals surface area contributed by atoms with Crippen LogP contribution in [0.4, 0.5) is 0 Å². The number of carbonyl (C=O) groups excluding carboxylic acids is 2. The Kier molecular flexibility index (Phi) is 5.74. The van der Waals surface area contributed by atoms with Gasteiger partial charge in [0.05, 0.1) is 6.61 Å². The number of rotatable bonds is 6. The van der Waals surface area contributed by atoms with Crippen molar-refractivity contribution in [3.63, 3.8) is 0 Å². The number of hydrogen-bond acceptors (Lipinski definition) is 7. The van der Waals surface area contributed by atoms with Gasteiger partial charge in [0, 0.05) is 16.5 Å². The van der Waals surface area contributed by atoms with E-state index in [1.165, 1.54) is 0 Å². The quantitative estimate of drug-likeness (QED) is 0.650. The molecule has 0 fully saturated rings. The van der Waals surface area contributed by atoms with Crippen LogP contribution in [-0.4, -0.2) is 35.2 Å². The number of benzene rings is 2. The number of pyridine rings is 1. The van der Waals surface area contributed by atoms with Gasteiger partial charge in [-0.2, -0.15) is 0 Å². The zero-order valence-electron chi connectivity index (χ0n) is 15.5. The topological polar surface area (TPSA) is 95.0 Å². The van der Waals surface area contributed by atoms with Gasteiger partial charge in [-0.15, -0.1) is 0 Å². The SMILES string of the molecule is CCOC(=O)COC(=O)c1nc(C)c2cc(Oc3ccccc3)ccc2c1O. The van der Waals surface area contributed by atoms with E-state index in [0.717, 1.165) is 0 Å². The van der Waals surface area contributed by atoms with E-state index in [9.17, 15) is 14.7 Å². The summed E-state index contributed by atoms with van der Waals surface area (Å²) in [5.74, 6) is -0.645. The van der Waals surface area contributed by atoms with Crippen molar-refractivity contribution in [2.75, 3.05) is 13.2 Å². The second kappa shape index (κ2) is 8.39. The number of nitrogens with zero attached hydrogens (tertiary/aromatic N) is 1. The third-order valence-electron chi connectivity index (χ3n) is 3.94. The number of fused-ring (bicyclic) bond motifs is 1. The predicted octanol–water partition coefficient (Wildman–Crippen LogP) is 3.76. The van der Waals surface area contributed by atoms with Crippen molar-refractivity contribution in [3.8, 4) is 17.2 Å². The number of aromatic nitrogens is 1. The minimum absolute atomic E-state index is 0.183. The lowest BCUT2D eigenvalue weighted by molar-refractivity contribution is -0.146. The van der Waals surface area contributed by atoms with Gasteiger partial charge in [0.2, 0.25) is 0 Å². The molecule has 1 N–H and O–H groups in total. The van der Waals surface area contributed by atoms with Crippen LogP contribution < -0.4 is 4.74 Å². The first-order valence-electron chi connectivity index (χ1n) is 8.68. The molecule has 28 heavy (non-hydrogen) atoms. The van der Waals surface area contributed by atoms with Crippen LogP contribution in [-0.2, 0) is 14.3 Å². The van der Waals surface area contributed by atoms with Crippen LogP contribution in [0, 0.1) is 6.92 Å². The minimum atomic E-state index is -0.903. The summed E-state index contributed by atoms with van der Waals surface area (Å²) < 4.78 is 15.4. The molecule has 1 heterocycles. The lowest BCUT2D eigenvalue weighted by Gasteiger charge is -2.12. The van der Waals surface area contributed by atoms with Gasteiger partial charge in [-0.05, 0) is 44.2 Å². The number of esters is 2. The van der Waals surface area contributed by atoms with E-state index in [-0.39, 0.29) is 18.1 Å². The zero-order chi connectivity index (χ0) is 20.1. The summed E-state index contributed by atoms with van der Waals surface area (Å²) >= 11 is 0. The first-order chi connectivity index (χ1) is 13.5. The Bertz CT molecular complexity index is 1020. The van der Waals surface area contributed by atoms with Crippen LogP contribution in [0.1, 0.15) is 23.1 Å². The summed E-state index contributed by atoms with van der Waals surface area (Å²) in [6.45, 7) is 2.99. The highest BCUT2D eigenvalue weighted by Gasteiger charge is 2.20. The fourth-order valence-electron chi connectivity index (χ4n) is 2.66. The first-order valence-corrected chi connectivity index (χ1v) is 8.68. The van der Waals surface area contributed by atoms with Gasteiger partial charge in [-0.3, -0.25) is 0 Å². The van der Waals surface area contributed by atoms with Gasteiger partial charge in [0.1, 0.15) is 11.5 Å². The normalized spacial score (nSPS) is 10.5. The minimum Gasteiger partial charge on any atom is -0.505 e.